The summed E-state index contributed by atoms with van der Waals surface area (Å²) in [6, 6.07) is 15.0. The van der Waals surface area contributed by atoms with E-state index < -0.39 is 9.84 Å². The second kappa shape index (κ2) is 11.1. The maximum absolute atomic E-state index is 12.5. The number of hydrogen-bond acceptors (Lipinski definition) is 4. The molecule has 0 heterocycles. The van der Waals surface area contributed by atoms with Crippen molar-refractivity contribution in [3.63, 3.8) is 0 Å². The maximum atomic E-state index is 12.5. The molecule has 0 saturated heterocycles. The number of carbonyl (C=O) groups excluding carboxylic acids is 1. The Balaban J connectivity index is 0.00000364. The Bertz CT molecular complexity index is 826. The zero-order chi connectivity index (χ0) is 19.0. The molecule has 2 aromatic carbocycles. The van der Waals surface area contributed by atoms with E-state index in [9.17, 15) is 13.2 Å². The summed E-state index contributed by atoms with van der Waals surface area (Å²) in [7, 11) is -3.45. The average Bonchev–Trinajstić information content (AvgIpc) is 2.65. The van der Waals surface area contributed by atoms with Gasteiger partial charge < -0.3 is 11.1 Å². The van der Waals surface area contributed by atoms with E-state index in [0.29, 0.717) is 17.7 Å². The number of unbranched alkanes of at least 4 members (excludes halogenated alkanes) is 1. The fourth-order valence-corrected chi connectivity index (χ4v) is 4.06. The lowest BCUT2D eigenvalue weighted by Gasteiger charge is -2.16. The summed E-state index contributed by atoms with van der Waals surface area (Å²) in [5, 5.41) is 2.93. The molecule has 0 spiro atoms. The quantitative estimate of drug-likeness (QED) is 0.663. The Labute approximate surface area is 167 Å². The van der Waals surface area contributed by atoms with Crippen LogP contribution in [0.5, 0.6) is 0 Å². The van der Waals surface area contributed by atoms with Crippen LogP contribution in [0.3, 0.4) is 0 Å². The van der Waals surface area contributed by atoms with Crippen LogP contribution in [-0.2, 0) is 15.6 Å². The number of halogens is 1. The minimum atomic E-state index is -3.45. The van der Waals surface area contributed by atoms with Gasteiger partial charge in [0.25, 0.3) is 5.91 Å². The highest BCUT2D eigenvalue weighted by Crippen LogP contribution is 2.17. The van der Waals surface area contributed by atoms with Gasteiger partial charge in [0.15, 0.2) is 9.84 Å². The Morgan fingerprint density at radius 2 is 1.81 bits per heavy atom. The van der Waals surface area contributed by atoms with Crippen LogP contribution in [0.1, 0.15) is 42.1 Å². The van der Waals surface area contributed by atoms with Crippen LogP contribution in [0.4, 0.5) is 0 Å². The summed E-state index contributed by atoms with van der Waals surface area (Å²) in [6.07, 6.45) is 2.87. The van der Waals surface area contributed by atoms with Crippen LogP contribution in [0, 0.1) is 0 Å². The molecule has 0 bridgehead atoms. The molecule has 1 atom stereocenters. The minimum absolute atomic E-state index is 0. The molecule has 1 amide bonds. The number of rotatable bonds is 9. The zero-order valence-corrected chi connectivity index (χ0v) is 17.1. The van der Waals surface area contributed by atoms with Gasteiger partial charge in [-0.05, 0) is 36.2 Å². The third kappa shape index (κ3) is 6.97. The van der Waals surface area contributed by atoms with Gasteiger partial charge in [-0.15, -0.1) is 12.4 Å². The second-order valence-electron chi connectivity index (χ2n) is 6.32. The number of nitrogens with two attached hydrogens (primary N) is 1. The van der Waals surface area contributed by atoms with Crippen molar-refractivity contribution in [2.24, 2.45) is 5.73 Å². The molecular weight excluding hydrogens is 384 g/mol. The Morgan fingerprint density at radius 1 is 1.11 bits per heavy atom. The average molecular weight is 411 g/mol. The lowest BCUT2D eigenvalue weighted by atomic mass is 10.1. The van der Waals surface area contributed by atoms with Crippen LogP contribution < -0.4 is 11.1 Å². The van der Waals surface area contributed by atoms with E-state index in [-0.39, 0.29) is 35.0 Å². The number of amides is 1. The SMILES string of the molecule is CCCCC(CN)NC(=O)c1cccc(CS(=O)(=O)c2ccccc2)c1.Cl. The van der Waals surface area contributed by atoms with E-state index in [1.807, 2.05) is 0 Å². The maximum Gasteiger partial charge on any atom is 0.251 e. The Morgan fingerprint density at radius 3 is 2.44 bits per heavy atom. The number of nitrogens with one attached hydrogen (secondary N) is 1. The van der Waals surface area contributed by atoms with Crippen molar-refractivity contribution in [2.45, 2.75) is 42.9 Å². The van der Waals surface area contributed by atoms with Crippen LogP contribution in [0.2, 0.25) is 0 Å². The fourth-order valence-electron chi connectivity index (χ4n) is 2.70. The van der Waals surface area contributed by atoms with Gasteiger partial charge in [0.2, 0.25) is 0 Å². The lowest BCUT2D eigenvalue weighted by Crippen LogP contribution is -2.40. The van der Waals surface area contributed by atoms with Crippen LogP contribution in [0.25, 0.3) is 0 Å². The van der Waals surface area contributed by atoms with E-state index in [2.05, 4.69) is 12.2 Å². The Kier molecular flexibility index (Phi) is 9.49. The number of carbonyl (C=O) groups is 1. The van der Waals surface area contributed by atoms with Gasteiger partial charge in [-0.2, -0.15) is 0 Å². The summed E-state index contributed by atoms with van der Waals surface area (Å²) >= 11 is 0. The molecule has 0 saturated carbocycles. The predicted octanol–water partition coefficient (Wildman–Crippen LogP) is 3.33. The molecule has 0 aliphatic carbocycles. The summed E-state index contributed by atoms with van der Waals surface area (Å²) < 4.78 is 25.0. The molecule has 0 aromatic heterocycles. The molecule has 3 N–H and O–H groups in total. The zero-order valence-electron chi connectivity index (χ0n) is 15.4. The Hall–Kier alpha value is -1.89. The third-order valence-corrected chi connectivity index (χ3v) is 5.88. The van der Waals surface area contributed by atoms with E-state index in [0.717, 1.165) is 19.3 Å². The van der Waals surface area contributed by atoms with Gasteiger partial charge in [0.1, 0.15) is 0 Å². The second-order valence-corrected chi connectivity index (χ2v) is 8.31. The van der Waals surface area contributed by atoms with E-state index >= 15 is 0 Å². The van der Waals surface area contributed by atoms with Crippen LogP contribution >= 0.6 is 12.4 Å². The normalized spacial score (nSPS) is 12.1. The van der Waals surface area contributed by atoms with Crippen molar-refractivity contribution in [1.29, 1.82) is 0 Å². The highest BCUT2D eigenvalue weighted by molar-refractivity contribution is 7.90. The number of hydrogen-bond donors (Lipinski definition) is 2. The van der Waals surface area contributed by atoms with Crippen molar-refractivity contribution < 1.29 is 13.2 Å². The number of sulfone groups is 1. The van der Waals surface area contributed by atoms with Gasteiger partial charge in [-0.25, -0.2) is 8.42 Å². The van der Waals surface area contributed by atoms with Crippen molar-refractivity contribution in [3.05, 3.63) is 65.7 Å². The molecule has 148 valence electrons. The van der Waals surface area contributed by atoms with Gasteiger partial charge in [-0.3, -0.25) is 4.79 Å². The molecule has 0 radical (unpaired) electrons. The van der Waals surface area contributed by atoms with Crippen LogP contribution in [0.15, 0.2) is 59.5 Å². The highest BCUT2D eigenvalue weighted by Gasteiger charge is 2.17. The van der Waals surface area contributed by atoms with Gasteiger partial charge in [0, 0.05) is 18.2 Å². The van der Waals surface area contributed by atoms with Crippen molar-refractivity contribution in [1.82, 2.24) is 5.32 Å². The van der Waals surface area contributed by atoms with Gasteiger partial charge in [-0.1, -0.05) is 50.1 Å². The van der Waals surface area contributed by atoms with Crippen molar-refractivity contribution >= 4 is 28.2 Å². The summed E-state index contributed by atoms with van der Waals surface area (Å²) in [5.74, 6) is -0.371. The third-order valence-electron chi connectivity index (χ3n) is 4.17. The first-order valence-corrected chi connectivity index (χ1v) is 10.5. The van der Waals surface area contributed by atoms with E-state index in [4.69, 9.17) is 5.73 Å². The van der Waals surface area contributed by atoms with E-state index in [1.54, 1.807) is 54.6 Å². The summed E-state index contributed by atoms with van der Waals surface area (Å²) in [4.78, 5) is 12.7. The molecular formula is C20H27ClN2O3S. The number of benzene rings is 2. The van der Waals surface area contributed by atoms with Gasteiger partial charge in [0.05, 0.1) is 10.6 Å². The summed E-state index contributed by atoms with van der Waals surface area (Å²) in [6.45, 7) is 2.47. The molecule has 0 aliphatic rings. The smallest absolute Gasteiger partial charge is 0.251 e. The molecule has 2 aromatic rings. The fraction of sp³-hybridized carbons (Fsp3) is 0.350. The largest absolute Gasteiger partial charge is 0.348 e. The monoisotopic (exact) mass is 410 g/mol. The first kappa shape index (κ1) is 23.1. The molecule has 1 unspecified atom stereocenters. The highest BCUT2D eigenvalue weighted by atomic mass is 35.5. The molecule has 7 heteroatoms. The molecule has 27 heavy (non-hydrogen) atoms. The van der Waals surface area contributed by atoms with Crippen molar-refractivity contribution in [3.8, 4) is 0 Å². The lowest BCUT2D eigenvalue weighted by molar-refractivity contribution is 0.0935. The summed E-state index contributed by atoms with van der Waals surface area (Å²) in [5.41, 5.74) is 6.75. The molecule has 0 fully saturated rings. The molecule has 2 rings (SSSR count). The topological polar surface area (TPSA) is 89.3 Å². The standard InChI is InChI=1S/C20H26N2O3S.ClH/c1-2-3-10-18(14-21)22-20(23)17-9-7-8-16(13-17)15-26(24,25)19-11-5-4-6-12-19;/h4-9,11-13,18H,2-3,10,14-15,21H2,1H3,(H,22,23);1H. The van der Waals surface area contributed by atoms with Crippen molar-refractivity contribution in [2.75, 3.05) is 6.54 Å². The first-order chi connectivity index (χ1) is 12.5. The molecule has 0 aliphatic heterocycles. The predicted molar refractivity (Wildman–Crippen MR) is 111 cm³/mol. The molecule has 5 nitrogen and oxygen atoms in total. The first-order valence-electron chi connectivity index (χ1n) is 8.84. The minimum Gasteiger partial charge on any atom is -0.348 e. The van der Waals surface area contributed by atoms with Crippen LogP contribution in [-0.4, -0.2) is 26.9 Å². The van der Waals surface area contributed by atoms with Gasteiger partial charge >= 0.3 is 0 Å². The van der Waals surface area contributed by atoms with E-state index in [1.165, 1.54) is 0 Å².